The van der Waals surface area contributed by atoms with Crippen LogP contribution >= 0.6 is 0 Å². The van der Waals surface area contributed by atoms with Crippen LogP contribution < -0.4 is 10.2 Å². The van der Waals surface area contributed by atoms with Crippen molar-refractivity contribution < 1.29 is 13.6 Å². The molecule has 0 atom stereocenters. The summed E-state index contributed by atoms with van der Waals surface area (Å²) in [6.07, 6.45) is 0. The highest BCUT2D eigenvalue weighted by Gasteiger charge is 2.22. The number of piperazine rings is 1. The largest absolute Gasteiger partial charge is 0.374 e. The van der Waals surface area contributed by atoms with E-state index in [1.165, 1.54) is 28.9 Å². The summed E-state index contributed by atoms with van der Waals surface area (Å²) in [6, 6.07) is 9.53. The molecule has 1 aliphatic rings. The van der Waals surface area contributed by atoms with E-state index in [1.807, 2.05) is 0 Å². The Morgan fingerprint density at radius 2 is 1.81 bits per heavy atom. The fourth-order valence-electron chi connectivity index (χ4n) is 3.19. The third kappa shape index (κ3) is 3.95. The maximum Gasteiger partial charge on any atom is 0.241 e. The Morgan fingerprint density at radius 3 is 2.50 bits per heavy atom. The molecule has 1 aliphatic heterocycles. The summed E-state index contributed by atoms with van der Waals surface area (Å²) in [5, 5.41) is 2.75. The first-order valence-corrected chi connectivity index (χ1v) is 8.73. The van der Waals surface area contributed by atoms with Crippen LogP contribution in [-0.2, 0) is 4.79 Å². The van der Waals surface area contributed by atoms with E-state index in [0.717, 1.165) is 19.2 Å². The lowest BCUT2D eigenvalue weighted by atomic mass is 10.1. The van der Waals surface area contributed by atoms with E-state index >= 15 is 0 Å². The summed E-state index contributed by atoms with van der Waals surface area (Å²) in [6.45, 7) is 6.98. The van der Waals surface area contributed by atoms with Crippen molar-refractivity contribution in [2.24, 2.45) is 0 Å². The molecule has 1 N–H and O–H groups in total. The van der Waals surface area contributed by atoms with Gasteiger partial charge < -0.3 is 15.1 Å². The number of carbonyl (C=O) groups is 1. The van der Waals surface area contributed by atoms with E-state index in [9.17, 15) is 13.6 Å². The Hall–Kier alpha value is -2.63. The van der Waals surface area contributed by atoms with Crippen LogP contribution in [0.3, 0.4) is 0 Å². The average molecular weight is 359 g/mol. The van der Waals surface area contributed by atoms with Crippen molar-refractivity contribution in [1.29, 1.82) is 0 Å². The number of hydrogen-bond acceptors (Lipinski definition) is 3. The smallest absolute Gasteiger partial charge is 0.241 e. The number of nitrogens with one attached hydrogen (secondary N) is 1. The van der Waals surface area contributed by atoms with Gasteiger partial charge in [-0.05, 0) is 43.2 Å². The highest BCUT2D eigenvalue weighted by molar-refractivity contribution is 5.81. The van der Waals surface area contributed by atoms with Gasteiger partial charge in [-0.25, -0.2) is 8.78 Å². The standard InChI is InChI=1S/C20H23F2N3O/c1-14-4-3-5-19(15(14)2)24-8-10-25(11-9-24)20(26)13-23-18-7-6-16(21)12-17(18)22/h3-7,12,23H,8-11,13H2,1-2H3. The molecule has 138 valence electrons. The Balaban J connectivity index is 1.54. The molecular formula is C20H23F2N3O. The van der Waals surface area contributed by atoms with E-state index in [-0.39, 0.29) is 18.1 Å². The minimum atomic E-state index is -0.697. The number of nitrogens with zero attached hydrogens (tertiary/aromatic N) is 2. The minimum absolute atomic E-state index is 0.00791. The van der Waals surface area contributed by atoms with E-state index < -0.39 is 11.6 Å². The van der Waals surface area contributed by atoms with E-state index in [0.29, 0.717) is 13.1 Å². The van der Waals surface area contributed by atoms with Crippen molar-refractivity contribution >= 4 is 17.3 Å². The number of hydrogen-bond donors (Lipinski definition) is 1. The molecule has 26 heavy (non-hydrogen) atoms. The molecule has 0 radical (unpaired) electrons. The third-order valence-electron chi connectivity index (χ3n) is 4.91. The topological polar surface area (TPSA) is 35.6 Å². The van der Waals surface area contributed by atoms with Gasteiger partial charge in [-0.15, -0.1) is 0 Å². The van der Waals surface area contributed by atoms with E-state index in [2.05, 4.69) is 42.3 Å². The second-order valence-corrected chi connectivity index (χ2v) is 6.56. The molecule has 0 saturated carbocycles. The molecule has 0 aromatic heterocycles. The van der Waals surface area contributed by atoms with Crippen LogP contribution in [0.15, 0.2) is 36.4 Å². The molecule has 1 amide bonds. The van der Waals surface area contributed by atoms with Gasteiger partial charge in [0.25, 0.3) is 0 Å². The number of carbonyl (C=O) groups excluding carboxylic acids is 1. The summed E-state index contributed by atoms with van der Waals surface area (Å²) < 4.78 is 26.5. The summed E-state index contributed by atoms with van der Waals surface area (Å²) in [4.78, 5) is 16.4. The van der Waals surface area contributed by atoms with Crippen molar-refractivity contribution in [3.63, 3.8) is 0 Å². The van der Waals surface area contributed by atoms with Crippen molar-refractivity contribution in [1.82, 2.24) is 4.90 Å². The molecule has 0 spiro atoms. The van der Waals surface area contributed by atoms with Crippen LogP contribution in [0.2, 0.25) is 0 Å². The second-order valence-electron chi connectivity index (χ2n) is 6.56. The van der Waals surface area contributed by atoms with Crippen molar-refractivity contribution in [3.8, 4) is 0 Å². The quantitative estimate of drug-likeness (QED) is 0.909. The zero-order valence-corrected chi connectivity index (χ0v) is 15.1. The number of amides is 1. The van der Waals surface area contributed by atoms with Gasteiger partial charge in [-0.2, -0.15) is 0 Å². The molecule has 1 fully saturated rings. The molecule has 0 aliphatic carbocycles. The average Bonchev–Trinajstić information content (AvgIpc) is 2.63. The van der Waals surface area contributed by atoms with E-state index in [4.69, 9.17) is 0 Å². The van der Waals surface area contributed by atoms with Crippen LogP contribution in [-0.4, -0.2) is 43.5 Å². The molecule has 0 unspecified atom stereocenters. The molecular weight excluding hydrogens is 336 g/mol. The molecule has 1 saturated heterocycles. The summed E-state index contributed by atoms with van der Waals surface area (Å²) in [5.41, 5.74) is 3.87. The Morgan fingerprint density at radius 1 is 1.08 bits per heavy atom. The predicted molar refractivity (Wildman–Crippen MR) is 99.6 cm³/mol. The first kappa shape index (κ1) is 18.2. The van der Waals surface area contributed by atoms with Crippen molar-refractivity contribution in [2.45, 2.75) is 13.8 Å². The van der Waals surface area contributed by atoms with Crippen LogP contribution in [0, 0.1) is 25.5 Å². The SMILES string of the molecule is Cc1cccc(N2CCN(C(=O)CNc3ccc(F)cc3F)CC2)c1C. The van der Waals surface area contributed by atoms with E-state index in [1.54, 1.807) is 4.90 Å². The van der Waals surface area contributed by atoms with Crippen LogP contribution in [0.25, 0.3) is 0 Å². The molecule has 2 aromatic rings. The maximum absolute atomic E-state index is 13.6. The Kier molecular flexibility index (Phi) is 5.40. The first-order chi connectivity index (χ1) is 12.5. The Bertz CT molecular complexity index is 802. The van der Waals surface area contributed by atoms with Crippen LogP contribution in [0.4, 0.5) is 20.2 Å². The number of anilines is 2. The highest BCUT2D eigenvalue weighted by Crippen LogP contribution is 2.24. The lowest BCUT2D eigenvalue weighted by molar-refractivity contribution is -0.129. The minimum Gasteiger partial charge on any atom is -0.374 e. The van der Waals surface area contributed by atoms with Gasteiger partial charge in [-0.1, -0.05) is 12.1 Å². The van der Waals surface area contributed by atoms with Gasteiger partial charge in [0.1, 0.15) is 11.6 Å². The highest BCUT2D eigenvalue weighted by atomic mass is 19.1. The molecule has 4 nitrogen and oxygen atoms in total. The maximum atomic E-state index is 13.6. The predicted octanol–water partition coefficient (Wildman–Crippen LogP) is 3.34. The van der Waals surface area contributed by atoms with Gasteiger partial charge in [0.15, 0.2) is 0 Å². The molecule has 0 bridgehead atoms. The van der Waals surface area contributed by atoms with Gasteiger partial charge >= 0.3 is 0 Å². The fourth-order valence-corrected chi connectivity index (χ4v) is 3.19. The van der Waals surface area contributed by atoms with Crippen molar-refractivity contribution in [2.75, 3.05) is 42.9 Å². The number of benzene rings is 2. The van der Waals surface area contributed by atoms with Crippen molar-refractivity contribution in [3.05, 3.63) is 59.2 Å². The second kappa shape index (κ2) is 7.72. The number of aryl methyl sites for hydroxylation is 1. The normalized spacial score (nSPS) is 14.5. The molecule has 6 heteroatoms. The zero-order valence-electron chi connectivity index (χ0n) is 15.1. The Labute approximate surface area is 152 Å². The zero-order chi connectivity index (χ0) is 18.7. The summed E-state index contributed by atoms with van der Waals surface area (Å²) >= 11 is 0. The first-order valence-electron chi connectivity index (χ1n) is 8.73. The lowest BCUT2D eigenvalue weighted by Gasteiger charge is -2.37. The van der Waals surface area contributed by atoms with Crippen LogP contribution in [0.5, 0.6) is 0 Å². The number of rotatable bonds is 4. The monoisotopic (exact) mass is 359 g/mol. The van der Waals surface area contributed by atoms with Gasteiger partial charge in [0.2, 0.25) is 5.91 Å². The van der Waals surface area contributed by atoms with Crippen LogP contribution in [0.1, 0.15) is 11.1 Å². The van der Waals surface area contributed by atoms with Gasteiger partial charge in [0, 0.05) is 37.9 Å². The number of halogens is 2. The third-order valence-corrected chi connectivity index (χ3v) is 4.91. The molecule has 3 rings (SSSR count). The lowest BCUT2D eigenvalue weighted by Crippen LogP contribution is -2.50. The summed E-state index contributed by atoms with van der Waals surface area (Å²) in [7, 11) is 0. The molecule has 1 heterocycles. The fraction of sp³-hybridized carbons (Fsp3) is 0.350. The van der Waals surface area contributed by atoms with Gasteiger partial charge in [-0.3, -0.25) is 4.79 Å². The summed E-state index contributed by atoms with van der Waals surface area (Å²) in [5.74, 6) is -1.42. The van der Waals surface area contributed by atoms with Gasteiger partial charge in [0.05, 0.1) is 12.2 Å². The molecule has 2 aromatic carbocycles.